The molecule has 0 saturated heterocycles. The van der Waals surface area contributed by atoms with Crippen LogP contribution >= 0.6 is 0 Å². The molecule has 4 nitrogen and oxygen atoms in total. The second-order valence-corrected chi connectivity index (χ2v) is 4.89. The van der Waals surface area contributed by atoms with Gasteiger partial charge in [-0.1, -0.05) is 19.3 Å². The van der Waals surface area contributed by atoms with Gasteiger partial charge in [0.25, 0.3) is 0 Å². The lowest BCUT2D eigenvalue weighted by atomic mass is 9.88. The van der Waals surface area contributed by atoms with Crippen molar-refractivity contribution >= 4 is 11.6 Å². The van der Waals surface area contributed by atoms with Gasteiger partial charge < -0.3 is 14.8 Å². The molecule has 4 heteroatoms. The summed E-state index contributed by atoms with van der Waals surface area (Å²) in [6.45, 7) is 0. The molecular weight excluding hydrogens is 242 g/mol. The van der Waals surface area contributed by atoms with E-state index < -0.39 is 0 Å². The molecule has 0 aromatic heterocycles. The van der Waals surface area contributed by atoms with Gasteiger partial charge >= 0.3 is 0 Å². The van der Waals surface area contributed by atoms with Crippen molar-refractivity contribution in [3.8, 4) is 11.5 Å². The van der Waals surface area contributed by atoms with Gasteiger partial charge in [-0.2, -0.15) is 0 Å². The molecule has 0 atom stereocenters. The van der Waals surface area contributed by atoms with Crippen LogP contribution in [0.25, 0.3) is 0 Å². The fraction of sp³-hybridized carbons (Fsp3) is 0.533. The summed E-state index contributed by atoms with van der Waals surface area (Å²) in [4.78, 5) is 12.2. The Bertz CT molecular complexity index is 439. The van der Waals surface area contributed by atoms with Crippen LogP contribution in [0.2, 0.25) is 0 Å². The predicted octanol–water partition coefficient (Wildman–Crippen LogP) is 3.22. The summed E-state index contributed by atoms with van der Waals surface area (Å²) in [5.41, 5.74) is 0.707. The van der Waals surface area contributed by atoms with Crippen LogP contribution < -0.4 is 14.8 Å². The first-order chi connectivity index (χ1) is 9.24. The van der Waals surface area contributed by atoms with Gasteiger partial charge in [0, 0.05) is 12.0 Å². The summed E-state index contributed by atoms with van der Waals surface area (Å²) in [5.74, 6) is 1.58. The summed E-state index contributed by atoms with van der Waals surface area (Å²) in [7, 11) is 3.19. The van der Waals surface area contributed by atoms with Gasteiger partial charge in [0.1, 0.15) is 11.5 Å². The largest absolute Gasteiger partial charge is 0.497 e. The molecule has 1 aromatic rings. The van der Waals surface area contributed by atoms with Crippen LogP contribution in [-0.2, 0) is 4.79 Å². The van der Waals surface area contributed by atoms with Crippen molar-refractivity contribution < 1.29 is 14.3 Å². The van der Waals surface area contributed by atoms with Gasteiger partial charge in [-0.3, -0.25) is 4.79 Å². The molecule has 0 aliphatic heterocycles. The van der Waals surface area contributed by atoms with E-state index in [0.717, 1.165) is 25.7 Å². The quantitative estimate of drug-likeness (QED) is 0.907. The summed E-state index contributed by atoms with van der Waals surface area (Å²) in [6, 6.07) is 5.41. The van der Waals surface area contributed by atoms with Crippen molar-refractivity contribution in [2.24, 2.45) is 5.92 Å². The number of methoxy groups -OCH3 is 2. The van der Waals surface area contributed by atoms with Crippen LogP contribution in [0.1, 0.15) is 32.1 Å². The average molecular weight is 263 g/mol. The van der Waals surface area contributed by atoms with E-state index in [9.17, 15) is 4.79 Å². The third-order valence-corrected chi connectivity index (χ3v) is 3.64. The Morgan fingerprint density at radius 1 is 1.16 bits per heavy atom. The maximum Gasteiger partial charge on any atom is 0.227 e. The topological polar surface area (TPSA) is 47.6 Å². The van der Waals surface area contributed by atoms with Crippen molar-refractivity contribution in [1.29, 1.82) is 0 Å². The highest BCUT2D eigenvalue weighted by atomic mass is 16.5. The van der Waals surface area contributed by atoms with Crippen LogP contribution in [-0.4, -0.2) is 20.1 Å². The van der Waals surface area contributed by atoms with Gasteiger partial charge in [0.15, 0.2) is 0 Å². The number of ether oxygens (including phenoxy) is 2. The summed E-state index contributed by atoms with van der Waals surface area (Å²) < 4.78 is 10.4. The number of hydrogen-bond donors (Lipinski definition) is 1. The van der Waals surface area contributed by atoms with Crippen molar-refractivity contribution in [1.82, 2.24) is 0 Å². The van der Waals surface area contributed by atoms with E-state index in [2.05, 4.69) is 5.32 Å². The predicted molar refractivity (Wildman–Crippen MR) is 74.8 cm³/mol. The summed E-state index contributed by atoms with van der Waals surface area (Å²) in [6.07, 6.45) is 5.53. The molecule has 19 heavy (non-hydrogen) atoms. The van der Waals surface area contributed by atoms with E-state index in [1.165, 1.54) is 6.42 Å². The zero-order valence-electron chi connectivity index (χ0n) is 11.6. The van der Waals surface area contributed by atoms with E-state index in [0.29, 0.717) is 17.2 Å². The third-order valence-electron chi connectivity index (χ3n) is 3.64. The number of hydrogen-bond acceptors (Lipinski definition) is 3. The normalized spacial score (nSPS) is 15.9. The van der Waals surface area contributed by atoms with Crippen LogP contribution in [0.3, 0.4) is 0 Å². The van der Waals surface area contributed by atoms with Crippen molar-refractivity contribution in [2.45, 2.75) is 32.1 Å². The Morgan fingerprint density at radius 2 is 1.89 bits per heavy atom. The lowest BCUT2D eigenvalue weighted by Gasteiger charge is -2.21. The Kier molecular flexibility index (Phi) is 4.66. The van der Waals surface area contributed by atoms with Crippen LogP contribution in [0, 0.1) is 5.92 Å². The average Bonchev–Trinajstić information content (AvgIpc) is 2.48. The van der Waals surface area contributed by atoms with E-state index in [1.807, 2.05) is 12.1 Å². The van der Waals surface area contributed by atoms with Crippen LogP contribution in [0.5, 0.6) is 11.5 Å². The molecule has 2 rings (SSSR count). The van der Waals surface area contributed by atoms with E-state index in [1.54, 1.807) is 20.3 Å². The first-order valence-electron chi connectivity index (χ1n) is 6.77. The number of rotatable bonds is 4. The smallest absolute Gasteiger partial charge is 0.227 e. The second-order valence-electron chi connectivity index (χ2n) is 4.89. The lowest BCUT2D eigenvalue weighted by Crippen LogP contribution is -2.24. The molecule has 104 valence electrons. The van der Waals surface area contributed by atoms with E-state index in [-0.39, 0.29) is 11.8 Å². The van der Waals surface area contributed by atoms with E-state index >= 15 is 0 Å². The minimum atomic E-state index is 0.100. The standard InChI is InChI=1S/C15H21NO3/c1-18-12-8-9-13(14(10-12)19-2)16-15(17)11-6-4-3-5-7-11/h8-11H,3-7H2,1-2H3,(H,16,17). The molecule has 1 amide bonds. The molecule has 1 aliphatic carbocycles. The molecule has 0 spiro atoms. The van der Waals surface area contributed by atoms with Gasteiger partial charge in [0.2, 0.25) is 5.91 Å². The Morgan fingerprint density at radius 3 is 2.53 bits per heavy atom. The highest BCUT2D eigenvalue weighted by molar-refractivity contribution is 5.94. The van der Waals surface area contributed by atoms with Crippen molar-refractivity contribution in [3.63, 3.8) is 0 Å². The Hall–Kier alpha value is -1.71. The summed E-state index contributed by atoms with van der Waals surface area (Å²) in [5, 5.41) is 2.96. The maximum atomic E-state index is 12.2. The zero-order chi connectivity index (χ0) is 13.7. The monoisotopic (exact) mass is 263 g/mol. The minimum absolute atomic E-state index is 0.100. The Balaban J connectivity index is 2.07. The fourth-order valence-corrected chi connectivity index (χ4v) is 2.50. The second kappa shape index (κ2) is 6.45. The molecule has 0 bridgehead atoms. The molecule has 0 radical (unpaired) electrons. The van der Waals surface area contributed by atoms with Crippen LogP contribution in [0.4, 0.5) is 5.69 Å². The van der Waals surface area contributed by atoms with Gasteiger partial charge in [-0.25, -0.2) is 0 Å². The maximum absolute atomic E-state index is 12.2. The number of amides is 1. The molecular formula is C15H21NO3. The SMILES string of the molecule is COc1ccc(NC(=O)C2CCCCC2)c(OC)c1. The number of nitrogens with one attached hydrogen (secondary N) is 1. The van der Waals surface area contributed by atoms with Gasteiger partial charge in [-0.05, 0) is 25.0 Å². The lowest BCUT2D eigenvalue weighted by molar-refractivity contribution is -0.120. The van der Waals surface area contributed by atoms with E-state index in [4.69, 9.17) is 9.47 Å². The molecule has 1 fully saturated rings. The number of carbonyl (C=O) groups is 1. The van der Waals surface area contributed by atoms with Gasteiger partial charge in [0.05, 0.1) is 19.9 Å². The Labute approximate surface area is 114 Å². The van der Waals surface area contributed by atoms with Gasteiger partial charge in [-0.15, -0.1) is 0 Å². The first kappa shape index (κ1) is 13.7. The summed E-state index contributed by atoms with van der Waals surface area (Å²) >= 11 is 0. The molecule has 1 aromatic carbocycles. The fourth-order valence-electron chi connectivity index (χ4n) is 2.50. The molecule has 0 heterocycles. The van der Waals surface area contributed by atoms with Crippen molar-refractivity contribution in [3.05, 3.63) is 18.2 Å². The molecule has 1 aliphatic rings. The molecule has 0 unspecified atom stereocenters. The molecule has 1 saturated carbocycles. The number of anilines is 1. The van der Waals surface area contributed by atoms with Crippen LogP contribution in [0.15, 0.2) is 18.2 Å². The van der Waals surface area contributed by atoms with Crippen molar-refractivity contribution in [2.75, 3.05) is 19.5 Å². The number of benzene rings is 1. The third kappa shape index (κ3) is 3.40. The highest BCUT2D eigenvalue weighted by Gasteiger charge is 2.21. The minimum Gasteiger partial charge on any atom is -0.497 e. The first-order valence-corrected chi connectivity index (χ1v) is 6.77. The number of carbonyl (C=O) groups excluding carboxylic acids is 1. The highest BCUT2D eigenvalue weighted by Crippen LogP contribution is 2.31. The molecule has 1 N–H and O–H groups in total. The zero-order valence-corrected chi connectivity index (χ0v) is 11.6.